The Morgan fingerprint density at radius 3 is 2.43 bits per heavy atom. The van der Waals surface area contributed by atoms with Gasteiger partial charge in [-0.2, -0.15) is 13.2 Å². The highest BCUT2D eigenvalue weighted by atomic mass is 19.4. The predicted octanol–water partition coefficient (Wildman–Crippen LogP) is 2.70. The van der Waals surface area contributed by atoms with Gasteiger partial charge in [-0.3, -0.25) is 0 Å². The molecule has 0 aliphatic carbocycles. The monoisotopic (exact) mass is 204 g/mol. The van der Waals surface area contributed by atoms with Crippen LogP contribution in [-0.2, 0) is 12.6 Å². The fourth-order valence-corrected chi connectivity index (χ4v) is 1.16. The van der Waals surface area contributed by atoms with Crippen LogP contribution in [0, 0.1) is 0 Å². The molecule has 0 unspecified atom stereocenters. The van der Waals surface area contributed by atoms with Crippen molar-refractivity contribution in [3.05, 3.63) is 23.4 Å². The highest BCUT2D eigenvalue weighted by Gasteiger charge is 2.35. The summed E-state index contributed by atoms with van der Waals surface area (Å²) in [7, 11) is 1.54. The van der Waals surface area contributed by atoms with Gasteiger partial charge >= 0.3 is 6.18 Å². The molecule has 0 amide bonds. The first-order valence-corrected chi connectivity index (χ1v) is 4.24. The molecule has 1 N–H and O–H groups in total. The standard InChI is InChI=1S/C9H11F3N2/c1-3-6-4-5-7(13-2)14-8(6)9(10,11)12/h4-5H,3H2,1-2H3,(H,13,14). The first kappa shape index (κ1) is 10.8. The fraction of sp³-hybridized carbons (Fsp3) is 0.444. The highest BCUT2D eigenvalue weighted by molar-refractivity contribution is 5.39. The lowest BCUT2D eigenvalue weighted by Crippen LogP contribution is -2.12. The van der Waals surface area contributed by atoms with E-state index in [1.165, 1.54) is 19.2 Å². The molecule has 0 saturated heterocycles. The summed E-state index contributed by atoms with van der Waals surface area (Å²) < 4.78 is 37.4. The first-order valence-electron chi connectivity index (χ1n) is 4.24. The summed E-state index contributed by atoms with van der Waals surface area (Å²) in [6, 6.07) is 2.98. The molecular weight excluding hydrogens is 193 g/mol. The molecule has 0 bridgehead atoms. The smallest absolute Gasteiger partial charge is 0.373 e. The summed E-state index contributed by atoms with van der Waals surface area (Å²) in [4.78, 5) is 3.50. The van der Waals surface area contributed by atoms with Gasteiger partial charge in [-0.05, 0) is 18.1 Å². The molecule has 1 heterocycles. The molecule has 0 aromatic carbocycles. The average molecular weight is 204 g/mol. The Morgan fingerprint density at radius 2 is 2.00 bits per heavy atom. The van der Waals surface area contributed by atoms with Crippen molar-refractivity contribution in [1.82, 2.24) is 4.98 Å². The lowest BCUT2D eigenvalue weighted by molar-refractivity contribution is -0.141. The van der Waals surface area contributed by atoms with Crippen molar-refractivity contribution in [1.29, 1.82) is 0 Å². The van der Waals surface area contributed by atoms with Crippen molar-refractivity contribution in [2.24, 2.45) is 0 Å². The maximum Gasteiger partial charge on any atom is 0.433 e. The summed E-state index contributed by atoms with van der Waals surface area (Å²) in [6.07, 6.45) is -4.05. The largest absolute Gasteiger partial charge is 0.433 e. The summed E-state index contributed by atoms with van der Waals surface area (Å²) in [6.45, 7) is 1.67. The predicted molar refractivity (Wildman–Crippen MR) is 48.2 cm³/mol. The topological polar surface area (TPSA) is 24.9 Å². The minimum Gasteiger partial charge on any atom is -0.373 e. The second-order valence-electron chi connectivity index (χ2n) is 2.81. The van der Waals surface area contributed by atoms with Gasteiger partial charge in [-0.1, -0.05) is 13.0 Å². The Kier molecular flexibility index (Phi) is 2.98. The van der Waals surface area contributed by atoms with Crippen LogP contribution >= 0.6 is 0 Å². The first-order chi connectivity index (χ1) is 6.49. The number of anilines is 1. The molecule has 0 radical (unpaired) electrons. The Bertz CT molecular complexity index is 320. The Labute approximate surface area is 80.2 Å². The van der Waals surface area contributed by atoms with E-state index >= 15 is 0 Å². The third-order valence-electron chi connectivity index (χ3n) is 1.88. The maximum atomic E-state index is 12.5. The van der Waals surface area contributed by atoms with Crippen LogP contribution in [0.3, 0.4) is 0 Å². The summed E-state index contributed by atoms with van der Waals surface area (Å²) in [5.41, 5.74) is -0.580. The minimum atomic E-state index is -4.38. The second-order valence-corrected chi connectivity index (χ2v) is 2.81. The summed E-state index contributed by atoms with van der Waals surface area (Å²) in [5, 5.41) is 2.58. The number of nitrogens with one attached hydrogen (secondary N) is 1. The quantitative estimate of drug-likeness (QED) is 0.801. The van der Waals surface area contributed by atoms with Crippen molar-refractivity contribution in [2.75, 3.05) is 12.4 Å². The van der Waals surface area contributed by atoms with Crippen molar-refractivity contribution in [2.45, 2.75) is 19.5 Å². The van der Waals surface area contributed by atoms with E-state index < -0.39 is 11.9 Å². The van der Waals surface area contributed by atoms with Gasteiger partial charge in [0.25, 0.3) is 0 Å². The normalized spacial score (nSPS) is 11.5. The molecule has 5 heteroatoms. The molecule has 0 aliphatic heterocycles. The van der Waals surface area contributed by atoms with Crippen LogP contribution in [0.5, 0.6) is 0 Å². The number of halogens is 3. The number of aromatic nitrogens is 1. The number of pyridine rings is 1. The minimum absolute atomic E-state index is 0.219. The number of nitrogens with zero attached hydrogens (tertiary/aromatic N) is 1. The van der Waals surface area contributed by atoms with Gasteiger partial charge in [0.2, 0.25) is 0 Å². The van der Waals surface area contributed by atoms with Crippen LogP contribution in [0.25, 0.3) is 0 Å². The van der Waals surface area contributed by atoms with Crippen molar-refractivity contribution < 1.29 is 13.2 Å². The van der Waals surface area contributed by atoms with Gasteiger partial charge in [0, 0.05) is 7.05 Å². The van der Waals surface area contributed by atoms with Crippen molar-refractivity contribution >= 4 is 5.82 Å². The zero-order valence-corrected chi connectivity index (χ0v) is 7.94. The molecule has 0 atom stereocenters. The van der Waals surface area contributed by atoms with E-state index in [1.807, 2.05) is 0 Å². The molecule has 1 aromatic rings. The lowest BCUT2D eigenvalue weighted by atomic mass is 10.1. The number of alkyl halides is 3. The number of rotatable bonds is 2. The van der Waals surface area contributed by atoms with Gasteiger partial charge in [0.15, 0.2) is 0 Å². The van der Waals surface area contributed by atoms with Crippen LogP contribution in [0.2, 0.25) is 0 Å². The van der Waals surface area contributed by atoms with Crippen LogP contribution in [0.1, 0.15) is 18.2 Å². The van der Waals surface area contributed by atoms with Crippen LogP contribution in [-0.4, -0.2) is 12.0 Å². The third kappa shape index (κ3) is 2.16. The van der Waals surface area contributed by atoms with Crippen molar-refractivity contribution in [3.8, 4) is 0 Å². The van der Waals surface area contributed by atoms with E-state index in [0.717, 1.165) is 0 Å². The zero-order chi connectivity index (χ0) is 10.8. The highest BCUT2D eigenvalue weighted by Crippen LogP contribution is 2.31. The van der Waals surface area contributed by atoms with E-state index in [9.17, 15) is 13.2 Å². The van der Waals surface area contributed by atoms with Crippen molar-refractivity contribution in [3.63, 3.8) is 0 Å². The number of hydrogen-bond acceptors (Lipinski definition) is 2. The molecule has 1 rings (SSSR count). The zero-order valence-electron chi connectivity index (χ0n) is 7.94. The third-order valence-corrected chi connectivity index (χ3v) is 1.88. The van der Waals surface area contributed by atoms with Crippen LogP contribution in [0.15, 0.2) is 12.1 Å². The lowest BCUT2D eigenvalue weighted by Gasteiger charge is -2.11. The molecule has 2 nitrogen and oxygen atoms in total. The number of aryl methyl sites for hydroxylation is 1. The van der Waals surface area contributed by atoms with Gasteiger partial charge in [0.1, 0.15) is 11.5 Å². The molecule has 0 aliphatic rings. The molecule has 14 heavy (non-hydrogen) atoms. The van der Waals surface area contributed by atoms with E-state index in [2.05, 4.69) is 10.3 Å². The molecule has 0 fully saturated rings. The maximum absolute atomic E-state index is 12.5. The second kappa shape index (κ2) is 3.86. The summed E-state index contributed by atoms with van der Waals surface area (Å²) >= 11 is 0. The molecular formula is C9H11F3N2. The Balaban J connectivity index is 3.22. The van der Waals surface area contributed by atoms with Crippen LogP contribution < -0.4 is 5.32 Å². The Hall–Kier alpha value is -1.26. The summed E-state index contributed by atoms with van der Waals surface area (Å²) in [5.74, 6) is 0.231. The van der Waals surface area contributed by atoms with E-state index in [1.54, 1.807) is 6.92 Å². The fourth-order valence-electron chi connectivity index (χ4n) is 1.16. The SMILES string of the molecule is CCc1ccc(NC)nc1C(F)(F)F. The van der Waals surface area contributed by atoms with Gasteiger partial charge in [0.05, 0.1) is 0 Å². The molecule has 0 spiro atoms. The van der Waals surface area contributed by atoms with Gasteiger partial charge in [-0.15, -0.1) is 0 Å². The van der Waals surface area contributed by atoms with Crippen LogP contribution in [0.4, 0.5) is 19.0 Å². The van der Waals surface area contributed by atoms with E-state index in [-0.39, 0.29) is 11.4 Å². The van der Waals surface area contributed by atoms with E-state index in [0.29, 0.717) is 6.42 Å². The average Bonchev–Trinajstić information content (AvgIpc) is 2.15. The molecule has 1 aromatic heterocycles. The number of hydrogen-bond donors (Lipinski definition) is 1. The molecule has 0 saturated carbocycles. The van der Waals surface area contributed by atoms with Gasteiger partial charge < -0.3 is 5.32 Å². The Morgan fingerprint density at radius 1 is 1.36 bits per heavy atom. The molecule has 78 valence electrons. The van der Waals surface area contributed by atoms with Gasteiger partial charge in [-0.25, -0.2) is 4.98 Å². The van der Waals surface area contributed by atoms with E-state index in [4.69, 9.17) is 0 Å².